The maximum Gasteiger partial charge on any atom is 0.338 e. The SMILES string of the molecule is O=C(OC[Si])c1cc(F)ccc1I. The summed E-state index contributed by atoms with van der Waals surface area (Å²) >= 11 is 1.95. The van der Waals surface area contributed by atoms with Crippen molar-refractivity contribution < 1.29 is 13.9 Å². The van der Waals surface area contributed by atoms with Crippen LogP contribution in [-0.2, 0) is 4.74 Å². The molecule has 0 fully saturated rings. The summed E-state index contributed by atoms with van der Waals surface area (Å²) in [5, 5.41) is 0. The zero-order valence-corrected chi connectivity index (χ0v) is 9.67. The summed E-state index contributed by atoms with van der Waals surface area (Å²) in [5.41, 5.74) is 0.249. The number of ether oxygens (including phenoxy) is 1. The molecule has 13 heavy (non-hydrogen) atoms. The zero-order chi connectivity index (χ0) is 9.84. The Balaban J connectivity index is 2.99. The molecule has 0 unspecified atom stereocenters. The van der Waals surface area contributed by atoms with Gasteiger partial charge >= 0.3 is 5.97 Å². The second-order valence-electron chi connectivity index (χ2n) is 2.20. The van der Waals surface area contributed by atoms with Gasteiger partial charge in [-0.2, -0.15) is 0 Å². The van der Waals surface area contributed by atoms with Crippen LogP contribution in [0.4, 0.5) is 4.39 Å². The van der Waals surface area contributed by atoms with Crippen molar-refractivity contribution in [1.82, 2.24) is 0 Å². The van der Waals surface area contributed by atoms with Gasteiger partial charge in [0.1, 0.15) is 5.82 Å². The maximum absolute atomic E-state index is 12.7. The molecule has 0 aliphatic rings. The van der Waals surface area contributed by atoms with Crippen molar-refractivity contribution in [3.05, 3.63) is 33.1 Å². The van der Waals surface area contributed by atoms with Crippen LogP contribution in [0.1, 0.15) is 10.4 Å². The molecule has 0 atom stereocenters. The summed E-state index contributed by atoms with van der Waals surface area (Å²) < 4.78 is 18.1. The standard InChI is InChI=1S/C8H5FIO2Si/c9-5-1-2-7(10)6(3-5)8(11)12-4-13/h1-3H,4H2. The predicted octanol–water partition coefficient (Wildman–Crippen LogP) is 1.71. The highest BCUT2D eigenvalue weighted by Crippen LogP contribution is 2.14. The monoisotopic (exact) mass is 307 g/mol. The van der Waals surface area contributed by atoms with Crippen LogP contribution in [0.3, 0.4) is 0 Å². The lowest BCUT2D eigenvalue weighted by atomic mass is 10.2. The third-order valence-corrected chi connectivity index (χ3v) is 2.44. The summed E-state index contributed by atoms with van der Waals surface area (Å²) in [4.78, 5) is 11.2. The van der Waals surface area contributed by atoms with Gasteiger partial charge in [-0.25, -0.2) is 9.18 Å². The Morgan fingerprint density at radius 3 is 2.92 bits per heavy atom. The third-order valence-electron chi connectivity index (χ3n) is 1.35. The van der Waals surface area contributed by atoms with Gasteiger partial charge in [0.2, 0.25) is 0 Å². The largest absolute Gasteiger partial charge is 0.467 e. The average molecular weight is 307 g/mol. The smallest absolute Gasteiger partial charge is 0.338 e. The summed E-state index contributed by atoms with van der Waals surface area (Å²) in [7, 11) is 3.00. The van der Waals surface area contributed by atoms with Gasteiger partial charge in [0.05, 0.1) is 22.0 Å². The van der Waals surface area contributed by atoms with E-state index in [1.807, 2.05) is 22.6 Å². The maximum atomic E-state index is 12.7. The first-order chi connectivity index (χ1) is 6.15. The first-order valence-corrected chi connectivity index (χ1v) is 5.20. The van der Waals surface area contributed by atoms with E-state index in [-0.39, 0.29) is 11.8 Å². The van der Waals surface area contributed by atoms with Gasteiger partial charge in [0.15, 0.2) is 0 Å². The Kier molecular flexibility index (Phi) is 3.85. The highest BCUT2D eigenvalue weighted by atomic mass is 127. The highest BCUT2D eigenvalue weighted by Gasteiger charge is 2.11. The van der Waals surface area contributed by atoms with Crippen molar-refractivity contribution in [2.45, 2.75) is 0 Å². The minimum absolute atomic E-state index is 0.103. The minimum Gasteiger partial charge on any atom is -0.467 e. The second-order valence-corrected chi connectivity index (χ2v) is 3.65. The van der Waals surface area contributed by atoms with Gasteiger partial charge in [-0.1, -0.05) is 0 Å². The molecule has 0 aromatic heterocycles. The Hall–Kier alpha value is -0.433. The number of carbonyl (C=O) groups excluding carboxylic acids is 1. The molecule has 67 valence electrons. The van der Waals surface area contributed by atoms with Crippen LogP contribution in [0.25, 0.3) is 0 Å². The van der Waals surface area contributed by atoms with Crippen molar-refractivity contribution in [3.63, 3.8) is 0 Å². The van der Waals surface area contributed by atoms with Gasteiger partial charge < -0.3 is 4.74 Å². The van der Waals surface area contributed by atoms with Gasteiger partial charge in [-0.3, -0.25) is 0 Å². The summed E-state index contributed by atoms with van der Waals surface area (Å²) in [5.74, 6) is -0.972. The molecule has 1 aromatic rings. The van der Waals surface area contributed by atoms with Crippen molar-refractivity contribution in [3.8, 4) is 0 Å². The molecule has 2 nitrogen and oxygen atoms in total. The normalized spacial score (nSPS) is 9.77. The number of carbonyl (C=O) groups is 1. The van der Waals surface area contributed by atoms with Gasteiger partial charge in [-0.05, 0) is 40.8 Å². The fourth-order valence-corrected chi connectivity index (χ4v) is 1.48. The van der Waals surface area contributed by atoms with E-state index in [0.29, 0.717) is 3.57 Å². The Bertz CT molecular complexity index is 330. The van der Waals surface area contributed by atoms with Gasteiger partial charge in [0.25, 0.3) is 0 Å². The average Bonchev–Trinajstić information content (AvgIpc) is 2.09. The van der Waals surface area contributed by atoms with Crippen LogP contribution >= 0.6 is 22.6 Å². The first-order valence-electron chi connectivity index (χ1n) is 3.42. The fraction of sp³-hybridized carbons (Fsp3) is 0.125. The molecule has 0 spiro atoms. The molecule has 0 amide bonds. The van der Waals surface area contributed by atoms with E-state index in [9.17, 15) is 9.18 Å². The molecule has 0 aliphatic carbocycles. The lowest BCUT2D eigenvalue weighted by Gasteiger charge is -2.03. The van der Waals surface area contributed by atoms with E-state index >= 15 is 0 Å². The molecule has 0 saturated carbocycles. The number of esters is 1. The van der Waals surface area contributed by atoms with E-state index in [2.05, 4.69) is 15.0 Å². The number of halogens is 2. The molecular weight excluding hydrogens is 302 g/mol. The first kappa shape index (κ1) is 10.6. The van der Waals surface area contributed by atoms with Gasteiger partial charge in [-0.15, -0.1) is 0 Å². The van der Waals surface area contributed by atoms with Crippen molar-refractivity contribution in [1.29, 1.82) is 0 Å². The minimum atomic E-state index is -0.529. The summed E-state index contributed by atoms with van der Waals surface area (Å²) in [6, 6.07) is 3.98. The fourth-order valence-electron chi connectivity index (χ4n) is 0.797. The van der Waals surface area contributed by atoms with Crippen molar-refractivity contribution in [2.75, 3.05) is 6.23 Å². The molecule has 0 aliphatic heterocycles. The quantitative estimate of drug-likeness (QED) is 0.472. The van der Waals surface area contributed by atoms with Crippen molar-refractivity contribution >= 4 is 38.8 Å². The summed E-state index contributed by atoms with van der Waals surface area (Å²) in [6.45, 7) is 0. The molecule has 1 aromatic carbocycles. The number of benzene rings is 1. The number of hydrogen-bond donors (Lipinski definition) is 0. The Morgan fingerprint density at radius 2 is 2.31 bits per heavy atom. The topological polar surface area (TPSA) is 26.3 Å². The second kappa shape index (κ2) is 4.71. The predicted molar refractivity (Wildman–Crippen MR) is 55.2 cm³/mol. The molecule has 0 heterocycles. The van der Waals surface area contributed by atoms with E-state index in [1.165, 1.54) is 12.1 Å². The lowest BCUT2D eigenvalue weighted by Crippen LogP contribution is -2.08. The third kappa shape index (κ3) is 2.77. The molecule has 0 N–H and O–H groups in total. The van der Waals surface area contributed by atoms with Crippen LogP contribution < -0.4 is 0 Å². The van der Waals surface area contributed by atoms with E-state index in [4.69, 9.17) is 0 Å². The molecule has 1 rings (SSSR count). The summed E-state index contributed by atoms with van der Waals surface area (Å²) in [6.07, 6.45) is 0.103. The molecule has 0 bridgehead atoms. The zero-order valence-electron chi connectivity index (χ0n) is 6.51. The van der Waals surface area contributed by atoms with Crippen LogP contribution in [-0.4, -0.2) is 22.4 Å². The number of rotatable bonds is 2. The van der Waals surface area contributed by atoms with Crippen LogP contribution in [0.2, 0.25) is 0 Å². The molecule has 5 heteroatoms. The molecular formula is C8H5FIO2Si. The van der Waals surface area contributed by atoms with E-state index < -0.39 is 11.8 Å². The lowest BCUT2D eigenvalue weighted by molar-refractivity contribution is 0.0572. The van der Waals surface area contributed by atoms with Crippen LogP contribution in [0, 0.1) is 9.39 Å². The highest BCUT2D eigenvalue weighted by molar-refractivity contribution is 14.1. The molecule has 0 saturated heterocycles. The van der Waals surface area contributed by atoms with E-state index in [1.54, 1.807) is 0 Å². The Morgan fingerprint density at radius 1 is 1.62 bits per heavy atom. The van der Waals surface area contributed by atoms with Crippen LogP contribution in [0.15, 0.2) is 18.2 Å². The van der Waals surface area contributed by atoms with Crippen LogP contribution in [0.5, 0.6) is 0 Å². The van der Waals surface area contributed by atoms with Gasteiger partial charge in [0, 0.05) is 3.57 Å². The Labute approximate surface area is 92.0 Å². The van der Waals surface area contributed by atoms with Crippen molar-refractivity contribution in [2.24, 2.45) is 0 Å². The molecule has 3 radical (unpaired) electrons. The number of hydrogen-bond acceptors (Lipinski definition) is 2. The van der Waals surface area contributed by atoms with E-state index in [0.717, 1.165) is 6.07 Å².